The number of rotatable bonds is 46. The highest BCUT2D eigenvalue weighted by molar-refractivity contribution is 5.70. The van der Waals surface area contributed by atoms with Crippen LogP contribution in [0.15, 0.2) is 72.9 Å². The summed E-state index contributed by atoms with van der Waals surface area (Å²) in [4.78, 5) is 25.9. The molecule has 0 radical (unpaired) electrons. The van der Waals surface area contributed by atoms with Crippen LogP contribution in [0.2, 0.25) is 0 Å². The maximum absolute atomic E-state index is 13.1. The number of hydrogen-bond acceptors (Lipinski definition) is 15. The molecule has 0 spiro atoms. The molecule has 0 amide bonds. The third-order valence-electron chi connectivity index (χ3n) is 13.7. The van der Waals surface area contributed by atoms with Crippen LogP contribution in [-0.4, -0.2) is 142 Å². The quantitative estimate of drug-likeness (QED) is 0.0171. The number of allylic oxidation sites excluding steroid dienone is 12. The van der Waals surface area contributed by atoms with Crippen LogP contribution in [0.25, 0.3) is 0 Å². The molecule has 2 saturated heterocycles. The summed E-state index contributed by atoms with van der Waals surface area (Å²) in [6, 6.07) is 0. The summed E-state index contributed by atoms with van der Waals surface area (Å²) >= 11 is 0. The van der Waals surface area contributed by atoms with Crippen LogP contribution in [0.5, 0.6) is 0 Å². The molecule has 0 aromatic carbocycles. The van der Waals surface area contributed by atoms with Crippen LogP contribution < -0.4 is 0 Å². The molecule has 4 unspecified atom stereocenters. The molecule has 0 aliphatic carbocycles. The van der Waals surface area contributed by atoms with Crippen molar-refractivity contribution in [2.24, 2.45) is 0 Å². The van der Waals surface area contributed by atoms with Crippen molar-refractivity contribution in [1.29, 1.82) is 0 Å². The number of aliphatic hydroxyl groups excluding tert-OH is 7. The van der Waals surface area contributed by atoms with E-state index in [1.165, 1.54) is 109 Å². The maximum atomic E-state index is 13.1. The first kappa shape index (κ1) is 69.0. The fraction of sp³-hybridized carbons (Fsp3) is 0.770. The topological polar surface area (TPSA) is 231 Å². The smallest absolute Gasteiger partial charge is 0.306 e. The van der Waals surface area contributed by atoms with E-state index in [1.54, 1.807) is 0 Å². The lowest BCUT2D eigenvalue weighted by Gasteiger charge is -2.42. The highest BCUT2D eigenvalue weighted by atomic mass is 16.7. The van der Waals surface area contributed by atoms with Gasteiger partial charge in [-0.2, -0.15) is 0 Å². The van der Waals surface area contributed by atoms with E-state index < -0.39 is 99.3 Å². The average molecular weight is 1080 g/mol. The largest absolute Gasteiger partial charge is 0.462 e. The Morgan fingerprint density at radius 2 is 0.829 bits per heavy atom. The van der Waals surface area contributed by atoms with Gasteiger partial charge in [0.15, 0.2) is 18.7 Å². The molecule has 15 nitrogen and oxygen atoms in total. The molecule has 2 aliphatic heterocycles. The van der Waals surface area contributed by atoms with Gasteiger partial charge in [0, 0.05) is 12.8 Å². The molecule has 7 N–H and O–H groups in total. The minimum absolute atomic E-state index is 0.0911. The summed E-state index contributed by atoms with van der Waals surface area (Å²) in [6.45, 7) is 2.43. The van der Waals surface area contributed by atoms with Crippen LogP contribution in [0.4, 0.5) is 0 Å². The maximum Gasteiger partial charge on any atom is 0.306 e. The molecule has 0 aromatic rings. The Hall–Kier alpha value is -3.06. The van der Waals surface area contributed by atoms with Crippen LogP contribution >= 0.6 is 0 Å². The second-order valence-corrected chi connectivity index (χ2v) is 20.4. The summed E-state index contributed by atoms with van der Waals surface area (Å²) in [5, 5.41) is 72.3. The van der Waals surface area contributed by atoms with Crippen LogP contribution in [0.1, 0.15) is 206 Å². The van der Waals surface area contributed by atoms with Gasteiger partial charge in [0.25, 0.3) is 0 Å². The summed E-state index contributed by atoms with van der Waals surface area (Å²) in [5.74, 6) is -1.02. The third kappa shape index (κ3) is 33.4. The van der Waals surface area contributed by atoms with Gasteiger partial charge in [-0.1, -0.05) is 215 Å². The minimum atomic E-state index is -1.78. The lowest BCUT2D eigenvalue weighted by atomic mass is 9.98. The molecule has 2 aliphatic rings. The van der Waals surface area contributed by atoms with Gasteiger partial charge >= 0.3 is 11.9 Å². The Labute approximate surface area is 457 Å². The predicted octanol–water partition coefficient (Wildman–Crippen LogP) is 10.2. The van der Waals surface area contributed by atoms with Gasteiger partial charge in [-0.25, -0.2) is 0 Å². The van der Waals surface area contributed by atoms with Gasteiger partial charge in [0.05, 0.1) is 19.8 Å². The Balaban J connectivity index is 1.77. The number of unbranched alkanes of at least 4 members (excludes halogenated alkanes) is 20. The molecule has 76 heavy (non-hydrogen) atoms. The van der Waals surface area contributed by atoms with Crippen molar-refractivity contribution < 1.29 is 73.8 Å². The van der Waals surface area contributed by atoms with Crippen molar-refractivity contribution in [1.82, 2.24) is 0 Å². The fourth-order valence-corrected chi connectivity index (χ4v) is 8.95. The minimum Gasteiger partial charge on any atom is -0.462 e. The number of carbonyl (C=O) groups excluding carboxylic acids is 2. The number of esters is 2. The van der Waals surface area contributed by atoms with Crippen molar-refractivity contribution >= 4 is 11.9 Å². The van der Waals surface area contributed by atoms with Gasteiger partial charge in [-0.05, 0) is 51.4 Å². The second-order valence-electron chi connectivity index (χ2n) is 20.4. The summed E-state index contributed by atoms with van der Waals surface area (Å²) in [5.41, 5.74) is 0. The normalized spacial score (nSPS) is 24.9. The molecule has 0 saturated carbocycles. The van der Waals surface area contributed by atoms with Crippen molar-refractivity contribution in [3.8, 4) is 0 Å². The SMILES string of the molecule is CC/C=C/C/C=C/C/C=C/C/C=C/C/C=C/C/C=C/CCC(=O)OC[C@H](CO[C@H]1O[C@@H](CO[C@H]2O[C@@H](CO)[C@@H](O)C(O)C2O)[C@@H](O)C(O)C1O)OC(=O)CCCCCCCCCCCCCCCCCCCCCCC. The summed E-state index contributed by atoms with van der Waals surface area (Å²) in [6.07, 6.45) is 40.8. The number of hydrogen-bond donors (Lipinski definition) is 7. The summed E-state index contributed by atoms with van der Waals surface area (Å²) < 4.78 is 33.6. The highest BCUT2D eigenvalue weighted by Crippen LogP contribution is 2.27. The molecule has 11 atom stereocenters. The molecule has 2 rings (SSSR count). The molecule has 2 fully saturated rings. The van der Waals surface area contributed by atoms with Crippen LogP contribution in [-0.2, 0) is 38.0 Å². The first-order valence-electron chi connectivity index (χ1n) is 29.5. The molecule has 0 bridgehead atoms. The predicted molar refractivity (Wildman–Crippen MR) is 298 cm³/mol. The van der Waals surface area contributed by atoms with E-state index in [0.29, 0.717) is 12.8 Å². The van der Waals surface area contributed by atoms with Gasteiger partial charge in [-0.3, -0.25) is 9.59 Å². The highest BCUT2D eigenvalue weighted by Gasteiger charge is 2.47. The van der Waals surface area contributed by atoms with E-state index in [-0.39, 0.29) is 19.4 Å². The zero-order valence-corrected chi connectivity index (χ0v) is 46.7. The zero-order chi connectivity index (χ0) is 55.3. The van der Waals surface area contributed by atoms with Crippen molar-refractivity contribution in [2.45, 2.75) is 274 Å². The van der Waals surface area contributed by atoms with E-state index in [4.69, 9.17) is 28.4 Å². The molecular weight excluding hydrogens is 973 g/mol. The molecular formula is C61H104O15. The van der Waals surface area contributed by atoms with Crippen LogP contribution in [0.3, 0.4) is 0 Å². The lowest BCUT2D eigenvalue weighted by molar-refractivity contribution is -0.332. The average Bonchev–Trinajstić information content (AvgIpc) is 3.42. The number of ether oxygens (including phenoxy) is 6. The van der Waals surface area contributed by atoms with Crippen molar-refractivity contribution in [2.75, 3.05) is 26.4 Å². The Morgan fingerprint density at radius 1 is 0.434 bits per heavy atom. The molecule has 2 heterocycles. The standard InChI is InChI=1S/C61H104O15/c1-3-5-7-9-11-13-15-17-19-21-23-24-26-28-30-32-34-36-38-40-42-44-53(64)74-49(46-71-52(63)43-41-39-37-35-33-31-29-27-25-22-20-18-16-14-12-10-8-6-4-2)47-72-60-59(70)57(68)55(66)51(76-60)48-73-61-58(69)56(67)54(65)50(45-62)75-61/h6,8,12,14,18,20,25,27,31,33,37,39,49-51,54-62,65-70H,3-5,7,9-11,13,15-17,19,21-24,26,28-30,32,34-36,38,40-48H2,1-2H3/b8-6+,14-12+,20-18+,27-25+,33-31+,39-37+/t49-,50+,51+,54-,55-,56?,57?,58?,59?,60+,61+/m1/s1. The fourth-order valence-electron chi connectivity index (χ4n) is 8.95. The number of aliphatic hydroxyl groups is 7. The molecule has 0 aromatic heterocycles. The molecule has 438 valence electrons. The van der Waals surface area contributed by atoms with Crippen LogP contribution in [0, 0.1) is 0 Å². The monoisotopic (exact) mass is 1080 g/mol. The second kappa shape index (κ2) is 46.8. The third-order valence-corrected chi connectivity index (χ3v) is 13.7. The van der Waals surface area contributed by atoms with E-state index >= 15 is 0 Å². The lowest BCUT2D eigenvalue weighted by Crippen LogP contribution is -2.61. The first-order valence-corrected chi connectivity index (χ1v) is 29.5. The van der Waals surface area contributed by atoms with Gasteiger partial charge < -0.3 is 64.2 Å². The van der Waals surface area contributed by atoms with E-state index in [1.807, 2.05) is 12.2 Å². The van der Waals surface area contributed by atoms with E-state index in [9.17, 15) is 45.3 Å². The van der Waals surface area contributed by atoms with Gasteiger partial charge in [0.1, 0.15) is 55.4 Å². The van der Waals surface area contributed by atoms with Gasteiger partial charge in [0.2, 0.25) is 0 Å². The van der Waals surface area contributed by atoms with E-state index in [2.05, 4.69) is 74.6 Å². The zero-order valence-electron chi connectivity index (χ0n) is 46.7. The van der Waals surface area contributed by atoms with Crippen molar-refractivity contribution in [3.05, 3.63) is 72.9 Å². The Morgan fingerprint density at radius 3 is 1.28 bits per heavy atom. The molecule has 15 heteroatoms. The summed E-state index contributed by atoms with van der Waals surface area (Å²) in [7, 11) is 0. The van der Waals surface area contributed by atoms with Crippen molar-refractivity contribution in [3.63, 3.8) is 0 Å². The first-order chi connectivity index (χ1) is 37.0. The van der Waals surface area contributed by atoms with Gasteiger partial charge in [-0.15, -0.1) is 0 Å². The van der Waals surface area contributed by atoms with E-state index in [0.717, 1.165) is 57.8 Å². The Kier molecular flexibility index (Phi) is 42.5. The Bertz CT molecular complexity index is 1590. The number of carbonyl (C=O) groups is 2.